The number of hydrogen-bond acceptors (Lipinski definition) is 3. The van der Waals surface area contributed by atoms with Crippen molar-refractivity contribution in [3.63, 3.8) is 0 Å². The van der Waals surface area contributed by atoms with Crippen LogP contribution in [0.3, 0.4) is 0 Å². The van der Waals surface area contributed by atoms with Gasteiger partial charge in [-0.3, -0.25) is 0 Å². The second kappa shape index (κ2) is 8.89. The van der Waals surface area contributed by atoms with Gasteiger partial charge in [-0.1, -0.05) is 0 Å². The molecule has 2 aromatic rings. The summed E-state index contributed by atoms with van der Waals surface area (Å²) >= 11 is -3.05. The Morgan fingerprint density at radius 2 is 1.61 bits per heavy atom. The molecule has 5 rings (SSSR count). The van der Waals surface area contributed by atoms with E-state index < -0.39 is 20.4 Å². The van der Waals surface area contributed by atoms with Crippen molar-refractivity contribution >= 4 is 20.4 Å². The van der Waals surface area contributed by atoms with Crippen LogP contribution in [0.1, 0.15) is 49.1 Å². The molecular formula is C26H32FIO3. The van der Waals surface area contributed by atoms with Crippen molar-refractivity contribution in [3.8, 4) is 11.5 Å². The van der Waals surface area contributed by atoms with Crippen LogP contribution in [0.2, 0.25) is 0 Å². The van der Waals surface area contributed by atoms with Crippen LogP contribution in [0, 0.1) is 24.9 Å². The number of ether oxygens (including phenoxy) is 3. The Hall–Kier alpha value is -1.34. The summed E-state index contributed by atoms with van der Waals surface area (Å²) in [7, 11) is 5.18. The molecule has 2 fully saturated rings. The molecule has 2 aromatic carbocycles. The SMILES string of the molecule is COc1ccc(I(F)c2cc3c(cc2OC)CC[C@H]2[C@@H]4CC[C@H](OC)[C@H]4CC[C@H]32)cc1. The molecule has 0 aliphatic heterocycles. The van der Waals surface area contributed by atoms with Gasteiger partial charge in [-0.15, -0.1) is 0 Å². The molecule has 3 nitrogen and oxygen atoms in total. The molecular weight excluding hydrogens is 506 g/mol. The number of methoxy groups -OCH3 is 3. The fourth-order valence-electron chi connectivity index (χ4n) is 6.55. The number of fused-ring (bicyclic) bond motifs is 5. The summed E-state index contributed by atoms with van der Waals surface area (Å²) in [5.74, 6) is 4.25. The molecule has 5 atom stereocenters. The van der Waals surface area contributed by atoms with Gasteiger partial charge >= 0.3 is 193 Å². The molecule has 0 N–H and O–H groups in total. The van der Waals surface area contributed by atoms with Gasteiger partial charge in [0.25, 0.3) is 0 Å². The van der Waals surface area contributed by atoms with E-state index in [4.69, 9.17) is 14.2 Å². The van der Waals surface area contributed by atoms with Crippen LogP contribution in [0.4, 0.5) is 2.86 Å². The van der Waals surface area contributed by atoms with Crippen LogP contribution in [-0.2, 0) is 11.2 Å². The third kappa shape index (κ3) is 3.75. The first-order valence-corrected chi connectivity index (χ1v) is 14.4. The van der Waals surface area contributed by atoms with Crippen LogP contribution < -0.4 is 9.47 Å². The average molecular weight is 538 g/mol. The number of benzene rings is 2. The van der Waals surface area contributed by atoms with Crippen LogP contribution >= 0.6 is 20.4 Å². The minimum atomic E-state index is -3.05. The Labute approximate surface area is 192 Å². The van der Waals surface area contributed by atoms with Gasteiger partial charge in [0.15, 0.2) is 0 Å². The molecule has 0 bridgehead atoms. The molecule has 0 radical (unpaired) electrons. The fraction of sp³-hybridized carbons (Fsp3) is 0.538. The minimum absolute atomic E-state index is 0.442. The molecule has 3 aliphatic carbocycles. The van der Waals surface area contributed by atoms with Crippen LogP contribution in [-0.4, -0.2) is 27.4 Å². The quantitative estimate of drug-likeness (QED) is 0.401. The molecule has 0 amide bonds. The zero-order chi connectivity index (χ0) is 21.5. The fourth-order valence-corrected chi connectivity index (χ4v) is 9.66. The standard InChI is InChI=1S/C26H32FIO3/c1-29-18-7-5-17(6-8-18)28(27)24-15-23-16(14-26(24)31-3)4-9-19-20-12-13-25(30-2)22(20)11-10-21(19)23/h5-8,14-15,19-22,25H,4,9-13H2,1-3H3/t19-,20-,21-,22-,25-/m0/s1. The molecule has 2 saturated carbocycles. The van der Waals surface area contributed by atoms with E-state index in [1.54, 1.807) is 14.2 Å². The maximum absolute atomic E-state index is 15.9. The first kappa shape index (κ1) is 21.5. The van der Waals surface area contributed by atoms with Crippen LogP contribution in [0.5, 0.6) is 11.5 Å². The van der Waals surface area contributed by atoms with E-state index in [2.05, 4.69) is 12.1 Å². The first-order chi connectivity index (χ1) is 15.1. The topological polar surface area (TPSA) is 27.7 Å². The Morgan fingerprint density at radius 1 is 0.839 bits per heavy atom. The van der Waals surface area contributed by atoms with Gasteiger partial charge in [0.2, 0.25) is 0 Å². The molecule has 168 valence electrons. The van der Waals surface area contributed by atoms with E-state index in [0.29, 0.717) is 17.9 Å². The van der Waals surface area contributed by atoms with Crippen molar-refractivity contribution < 1.29 is 17.1 Å². The molecule has 0 spiro atoms. The van der Waals surface area contributed by atoms with Crippen molar-refractivity contribution in [3.05, 3.63) is 54.7 Å². The third-order valence-electron chi connectivity index (χ3n) is 7.97. The van der Waals surface area contributed by atoms with Gasteiger partial charge in [0.05, 0.1) is 0 Å². The summed E-state index contributed by atoms with van der Waals surface area (Å²) in [6.45, 7) is 0. The maximum atomic E-state index is 15.9. The summed E-state index contributed by atoms with van der Waals surface area (Å²) in [5.41, 5.74) is 2.78. The van der Waals surface area contributed by atoms with E-state index in [1.165, 1.54) is 43.2 Å². The predicted molar refractivity (Wildman–Crippen MR) is 129 cm³/mol. The summed E-state index contributed by atoms with van der Waals surface area (Å²) in [6, 6.07) is 11.8. The van der Waals surface area contributed by atoms with E-state index >= 15 is 2.86 Å². The molecule has 3 aliphatic rings. The Morgan fingerprint density at radius 3 is 2.32 bits per heavy atom. The average Bonchev–Trinajstić information content (AvgIpc) is 3.26. The Balaban J connectivity index is 1.48. The molecule has 0 saturated heterocycles. The van der Waals surface area contributed by atoms with Gasteiger partial charge in [0, 0.05) is 0 Å². The number of aryl methyl sites for hydroxylation is 1. The van der Waals surface area contributed by atoms with E-state index in [1.807, 2.05) is 31.4 Å². The van der Waals surface area contributed by atoms with Crippen LogP contribution in [0.25, 0.3) is 0 Å². The van der Waals surface area contributed by atoms with Gasteiger partial charge < -0.3 is 0 Å². The molecule has 0 aromatic heterocycles. The second-order valence-corrected chi connectivity index (χ2v) is 12.9. The summed E-state index contributed by atoms with van der Waals surface area (Å²) in [6.07, 6.45) is 7.70. The van der Waals surface area contributed by atoms with Crippen molar-refractivity contribution in [2.45, 2.75) is 50.5 Å². The van der Waals surface area contributed by atoms with Crippen molar-refractivity contribution in [2.24, 2.45) is 17.8 Å². The summed E-state index contributed by atoms with van der Waals surface area (Å²) < 4.78 is 34.2. The third-order valence-corrected chi connectivity index (χ3v) is 11.6. The van der Waals surface area contributed by atoms with Gasteiger partial charge in [0.1, 0.15) is 0 Å². The van der Waals surface area contributed by atoms with Crippen molar-refractivity contribution in [2.75, 3.05) is 21.3 Å². The zero-order valence-electron chi connectivity index (χ0n) is 18.6. The van der Waals surface area contributed by atoms with Crippen LogP contribution in [0.15, 0.2) is 36.4 Å². The van der Waals surface area contributed by atoms with Crippen molar-refractivity contribution in [1.29, 1.82) is 0 Å². The Bertz CT molecular complexity index is 931. The second-order valence-electron chi connectivity index (χ2n) is 9.15. The summed E-state index contributed by atoms with van der Waals surface area (Å²) in [5, 5.41) is 0. The molecule has 5 heteroatoms. The Kier molecular flexibility index (Phi) is 6.17. The number of rotatable bonds is 5. The normalized spacial score (nSPS) is 29.5. The predicted octanol–water partition coefficient (Wildman–Crippen LogP) is 6.62. The zero-order valence-corrected chi connectivity index (χ0v) is 20.7. The van der Waals surface area contributed by atoms with Crippen molar-refractivity contribution in [1.82, 2.24) is 0 Å². The number of hydrogen-bond donors (Lipinski definition) is 0. The monoisotopic (exact) mass is 538 g/mol. The molecule has 0 unspecified atom stereocenters. The first-order valence-electron chi connectivity index (χ1n) is 11.4. The van der Waals surface area contributed by atoms with E-state index in [-0.39, 0.29) is 0 Å². The van der Waals surface area contributed by atoms with E-state index in [9.17, 15) is 0 Å². The number of halogens is 2. The molecule has 31 heavy (non-hydrogen) atoms. The van der Waals surface area contributed by atoms with E-state index in [0.717, 1.165) is 36.9 Å². The van der Waals surface area contributed by atoms with Gasteiger partial charge in [-0.05, 0) is 0 Å². The summed E-state index contributed by atoms with van der Waals surface area (Å²) in [4.78, 5) is 0. The molecule has 0 heterocycles. The van der Waals surface area contributed by atoms with Gasteiger partial charge in [-0.25, -0.2) is 0 Å². The van der Waals surface area contributed by atoms with Gasteiger partial charge in [-0.2, -0.15) is 0 Å².